The minimum atomic E-state index is -0.674. The Labute approximate surface area is 140 Å². The van der Waals surface area contributed by atoms with Crippen molar-refractivity contribution in [2.24, 2.45) is 0 Å². The largest absolute Gasteiger partial charge is 0.493 e. The van der Waals surface area contributed by atoms with Gasteiger partial charge >= 0.3 is 0 Å². The quantitative estimate of drug-likeness (QED) is 0.755. The van der Waals surface area contributed by atoms with E-state index in [1.54, 1.807) is 32.2 Å². The summed E-state index contributed by atoms with van der Waals surface area (Å²) in [6.07, 6.45) is -0.674. The molecule has 2 aromatic rings. The lowest BCUT2D eigenvalue weighted by molar-refractivity contribution is -0.127. The van der Waals surface area contributed by atoms with Gasteiger partial charge in [-0.1, -0.05) is 12.1 Å². The van der Waals surface area contributed by atoms with Crippen LogP contribution in [0.15, 0.2) is 48.5 Å². The lowest BCUT2D eigenvalue weighted by atomic mass is 10.3. The number of rotatable bonds is 8. The fourth-order valence-corrected chi connectivity index (χ4v) is 1.98. The van der Waals surface area contributed by atoms with E-state index in [0.29, 0.717) is 23.8 Å². The van der Waals surface area contributed by atoms with Gasteiger partial charge in [0.15, 0.2) is 17.6 Å². The zero-order chi connectivity index (χ0) is 17.4. The van der Waals surface area contributed by atoms with Gasteiger partial charge in [-0.3, -0.25) is 4.79 Å². The standard InChI is InChI=1S/C18H20FNO4/c1-13(24-17-6-4-3-5-16(17)22-2)18(21)20-11-12-23-15-9-7-14(19)8-10-15/h3-10,13H,11-12H2,1-2H3,(H,20,21). The zero-order valence-corrected chi connectivity index (χ0v) is 13.6. The van der Waals surface area contributed by atoms with Crippen LogP contribution in [-0.4, -0.2) is 32.3 Å². The molecule has 0 heterocycles. The van der Waals surface area contributed by atoms with Crippen LogP contribution in [0.2, 0.25) is 0 Å². The van der Waals surface area contributed by atoms with Gasteiger partial charge in [0.2, 0.25) is 0 Å². The van der Waals surface area contributed by atoms with E-state index in [4.69, 9.17) is 14.2 Å². The first-order chi connectivity index (χ1) is 11.6. The number of ether oxygens (including phenoxy) is 3. The third-order valence-electron chi connectivity index (χ3n) is 3.23. The van der Waals surface area contributed by atoms with Crippen LogP contribution >= 0.6 is 0 Å². The van der Waals surface area contributed by atoms with E-state index in [1.165, 1.54) is 24.3 Å². The molecule has 0 aliphatic carbocycles. The predicted octanol–water partition coefficient (Wildman–Crippen LogP) is 2.80. The molecule has 1 unspecified atom stereocenters. The molecule has 2 rings (SSSR count). The van der Waals surface area contributed by atoms with E-state index < -0.39 is 6.10 Å². The summed E-state index contributed by atoms with van der Waals surface area (Å²) in [5, 5.41) is 2.72. The summed E-state index contributed by atoms with van der Waals surface area (Å²) in [6, 6.07) is 12.8. The van der Waals surface area contributed by atoms with Gasteiger partial charge in [0.1, 0.15) is 18.2 Å². The van der Waals surface area contributed by atoms with Crippen LogP contribution < -0.4 is 19.5 Å². The molecule has 5 nitrogen and oxygen atoms in total. The number of amides is 1. The summed E-state index contributed by atoms with van der Waals surface area (Å²) in [7, 11) is 1.54. The second-order valence-corrected chi connectivity index (χ2v) is 5.00. The molecule has 0 aliphatic rings. The molecule has 0 aliphatic heterocycles. The Morgan fingerprint density at radius 3 is 2.46 bits per heavy atom. The number of benzene rings is 2. The van der Waals surface area contributed by atoms with Crippen molar-refractivity contribution in [2.45, 2.75) is 13.0 Å². The van der Waals surface area contributed by atoms with E-state index >= 15 is 0 Å². The van der Waals surface area contributed by atoms with Crippen molar-refractivity contribution in [1.29, 1.82) is 0 Å². The first-order valence-electron chi connectivity index (χ1n) is 7.56. The average molecular weight is 333 g/mol. The normalized spacial score (nSPS) is 11.5. The van der Waals surface area contributed by atoms with Crippen molar-refractivity contribution < 1.29 is 23.4 Å². The number of hydrogen-bond acceptors (Lipinski definition) is 4. The number of hydrogen-bond donors (Lipinski definition) is 1. The summed E-state index contributed by atoms with van der Waals surface area (Å²) in [5.74, 6) is 1.03. The summed E-state index contributed by atoms with van der Waals surface area (Å²) in [5.41, 5.74) is 0. The van der Waals surface area contributed by atoms with Crippen LogP contribution in [-0.2, 0) is 4.79 Å². The molecule has 1 amide bonds. The number of para-hydroxylation sites is 2. The smallest absolute Gasteiger partial charge is 0.260 e. The van der Waals surface area contributed by atoms with Crippen LogP contribution in [0.5, 0.6) is 17.2 Å². The molecule has 0 radical (unpaired) electrons. The second-order valence-electron chi connectivity index (χ2n) is 5.00. The first-order valence-corrected chi connectivity index (χ1v) is 7.56. The maximum Gasteiger partial charge on any atom is 0.260 e. The number of carbonyl (C=O) groups is 1. The minimum Gasteiger partial charge on any atom is -0.493 e. The molecule has 0 saturated heterocycles. The summed E-state index contributed by atoms with van der Waals surface area (Å²) >= 11 is 0. The molecule has 0 fully saturated rings. The lowest BCUT2D eigenvalue weighted by Crippen LogP contribution is -2.38. The number of halogens is 1. The molecular formula is C18H20FNO4. The van der Waals surface area contributed by atoms with Crippen LogP contribution in [0.25, 0.3) is 0 Å². The molecule has 128 valence electrons. The van der Waals surface area contributed by atoms with Gasteiger partial charge < -0.3 is 19.5 Å². The van der Waals surface area contributed by atoms with Gasteiger partial charge in [-0.05, 0) is 43.3 Å². The Morgan fingerprint density at radius 1 is 1.12 bits per heavy atom. The third kappa shape index (κ3) is 5.15. The van der Waals surface area contributed by atoms with Gasteiger partial charge in [0.05, 0.1) is 13.7 Å². The molecule has 0 saturated carbocycles. The summed E-state index contributed by atoms with van der Waals surface area (Å²) in [6.45, 7) is 2.25. The van der Waals surface area contributed by atoms with Crippen molar-refractivity contribution in [1.82, 2.24) is 5.32 Å². The van der Waals surface area contributed by atoms with Gasteiger partial charge in [0.25, 0.3) is 5.91 Å². The first kappa shape index (κ1) is 17.6. The molecule has 24 heavy (non-hydrogen) atoms. The number of methoxy groups -OCH3 is 1. The Bertz CT molecular complexity index is 660. The molecule has 6 heteroatoms. The molecule has 1 N–H and O–H groups in total. The predicted molar refractivity (Wildman–Crippen MR) is 88.0 cm³/mol. The highest BCUT2D eigenvalue weighted by Gasteiger charge is 2.16. The van der Waals surface area contributed by atoms with Crippen molar-refractivity contribution in [3.63, 3.8) is 0 Å². The highest BCUT2D eigenvalue weighted by molar-refractivity contribution is 5.80. The maximum atomic E-state index is 12.8. The van der Waals surface area contributed by atoms with Crippen molar-refractivity contribution >= 4 is 5.91 Å². The second kappa shape index (κ2) is 8.76. The highest BCUT2D eigenvalue weighted by atomic mass is 19.1. The Morgan fingerprint density at radius 2 is 1.79 bits per heavy atom. The van der Waals surface area contributed by atoms with Crippen molar-refractivity contribution in [3.05, 3.63) is 54.3 Å². The molecule has 0 spiro atoms. The van der Waals surface area contributed by atoms with Gasteiger partial charge in [-0.25, -0.2) is 4.39 Å². The van der Waals surface area contributed by atoms with Gasteiger partial charge in [0, 0.05) is 0 Å². The SMILES string of the molecule is COc1ccccc1OC(C)C(=O)NCCOc1ccc(F)cc1. The monoisotopic (exact) mass is 333 g/mol. The molecule has 0 bridgehead atoms. The fraction of sp³-hybridized carbons (Fsp3) is 0.278. The van der Waals surface area contributed by atoms with Gasteiger partial charge in [-0.2, -0.15) is 0 Å². The average Bonchev–Trinajstić information content (AvgIpc) is 2.60. The molecule has 2 aromatic carbocycles. The Kier molecular flexibility index (Phi) is 6.42. The van der Waals surface area contributed by atoms with E-state index in [0.717, 1.165) is 0 Å². The lowest BCUT2D eigenvalue weighted by Gasteiger charge is -2.16. The van der Waals surface area contributed by atoms with E-state index in [2.05, 4.69) is 5.32 Å². The van der Waals surface area contributed by atoms with Crippen LogP contribution in [0.1, 0.15) is 6.92 Å². The third-order valence-corrected chi connectivity index (χ3v) is 3.23. The summed E-state index contributed by atoms with van der Waals surface area (Å²) < 4.78 is 29.0. The zero-order valence-electron chi connectivity index (χ0n) is 13.6. The Balaban J connectivity index is 1.74. The van der Waals surface area contributed by atoms with E-state index in [-0.39, 0.29) is 18.3 Å². The molecule has 0 aromatic heterocycles. The van der Waals surface area contributed by atoms with Crippen molar-refractivity contribution in [3.8, 4) is 17.2 Å². The number of nitrogens with one attached hydrogen (secondary N) is 1. The minimum absolute atomic E-state index is 0.261. The van der Waals surface area contributed by atoms with Crippen LogP contribution in [0, 0.1) is 5.82 Å². The van der Waals surface area contributed by atoms with Crippen LogP contribution in [0.3, 0.4) is 0 Å². The highest BCUT2D eigenvalue weighted by Crippen LogP contribution is 2.26. The van der Waals surface area contributed by atoms with E-state index in [1.807, 2.05) is 6.07 Å². The maximum absolute atomic E-state index is 12.8. The fourth-order valence-electron chi connectivity index (χ4n) is 1.98. The molecule has 1 atom stereocenters. The van der Waals surface area contributed by atoms with E-state index in [9.17, 15) is 9.18 Å². The number of carbonyl (C=O) groups excluding carboxylic acids is 1. The van der Waals surface area contributed by atoms with Crippen LogP contribution in [0.4, 0.5) is 4.39 Å². The van der Waals surface area contributed by atoms with Crippen molar-refractivity contribution in [2.75, 3.05) is 20.3 Å². The summed E-state index contributed by atoms with van der Waals surface area (Å²) in [4.78, 5) is 12.0. The Hall–Kier alpha value is -2.76. The van der Waals surface area contributed by atoms with Gasteiger partial charge in [-0.15, -0.1) is 0 Å². The topological polar surface area (TPSA) is 56.8 Å². The molecular weight excluding hydrogens is 313 g/mol.